The predicted octanol–water partition coefficient (Wildman–Crippen LogP) is 0.598. The van der Waals surface area contributed by atoms with Gasteiger partial charge in [0.15, 0.2) is 24.4 Å². The van der Waals surface area contributed by atoms with E-state index in [1.54, 1.807) is 6.92 Å². The van der Waals surface area contributed by atoms with Gasteiger partial charge in [-0.25, -0.2) is 19.2 Å². The molecule has 0 aromatic heterocycles. The number of esters is 4. The minimum absolute atomic E-state index is 0.142. The van der Waals surface area contributed by atoms with Crippen LogP contribution in [-0.4, -0.2) is 59.4 Å². The molecular formula is C16H24O10. The maximum absolute atomic E-state index is 11.8. The normalized spacial score (nSPS) is 15.0. The van der Waals surface area contributed by atoms with E-state index in [0.29, 0.717) is 6.42 Å². The minimum Gasteiger partial charge on any atom is -0.479 e. The zero-order valence-electron chi connectivity index (χ0n) is 15.3. The van der Waals surface area contributed by atoms with Crippen molar-refractivity contribution in [3.8, 4) is 0 Å². The maximum Gasteiger partial charge on any atom is 0.347 e. The van der Waals surface area contributed by atoms with Crippen LogP contribution in [0, 0.1) is 0 Å². The standard InChI is InChI=1S/C16H24O10/c1-6-7-12(17)23-9(3)14(20)25-11(5)16(22)26-10(4)15(21)24-8(2)13(18)19/h8-11H,6-7H2,1-5H3,(H,18,19)/t8-,9+,10-,11-/m1/s1. The molecule has 0 unspecified atom stereocenters. The third kappa shape index (κ3) is 8.45. The average molecular weight is 376 g/mol. The number of carboxylic acid groups (broad SMARTS) is 1. The van der Waals surface area contributed by atoms with Crippen molar-refractivity contribution in [3.63, 3.8) is 0 Å². The van der Waals surface area contributed by atoms with Crippen LogP contribution < -0.4 is 0 Å². The molecular weight excluding hydrogens is 352 g/mol. The third-order valence-electron chi connectivity index (χ3n) is 2.98. The number of ether oxygens (including phenoxy) is 4. The van der Waals surface area contributed by atoms with Crippen LogP contribution in [-0.2, 0) is 42.9 Å². The first-order chi connectivity index (χ1) is 12.0. The van der Waals surface area contributed by atoms with Gasteiger partial charge in [-0.3, -0.25) is 4.79 Å². The number of carbonyl (C=O) groups excluding carboxylic acids is 4. The van der Waals surface area contributed by atoms with Crippen LogP contribution in [0.25, 0.3) is 0 Å². The largest absolute Gasteiger partial charge is 0.479 e. The van der Waals surface area contributed by atoms with Crippen molar-refractivity contribution in [2.24, 2.45) is 0 Å². The Labute approximate surface area is 150 Å². The van der Waals surface area contributed by atoms with Gasteiger partial charge in [-0.05, 0) is 34.1 Å². The minimum atomic E-state index is -1.41. The average Bonchev–Trinajstić information content (AvgIpc) is 2.54. The molecule has 0 aromatic rings. The topological polar surface area (TPSA) is 143 Å². The second kappa shape index (κ2) is 11.1. The van der Waals surface area contributed by atoms with Crippen LogP contribution in [0.15, 0.2) is 0 Å². The number of aliphatic carboxylic acids is 1. The van der Waals surface area contributed by atoms with Crippen molar-refractivity contribution in [1.29, 1.82) is 0 Å². The molecule has 0 aliphatic heterocycles. The van der Waals surface area contributed by atoms with Crippen LogP contribution in [0.2, 0.25) is 0 Å². The molecule has 0 aliphatic rings. The van der Waals surface area contributed by atoms with E-state index in [9.17, 15) is 24.0 Å². The number of hydrogen-bond acceptors (Lipinski definition) is 9. The van der Waals surface area contributed by atoms with Gasteiger partial charge in [-0.2, -0.15) is 0 Å². The lowest BCUT2D eigenvalue weighted by Crippen LogP contribution is -2.37. The molecule has 0 amide bonds. The maximum atomic E-state index is 11.8. The lowest BCUT2D eigenvalue weighted by Gasteiger charge is -2.19. The van der Waals surface area contributed by atoms with Crippen LogP contribution >= 0.6 is 0 Å². The van der Waals surface area contributed by atoms with Gasteiger partial charge in [0.25, 0.3) is 0 Å². The summed E-state index contributed by atoms with van der Waals surface area (Å²) in [5.74, 6) is -4.98. The Morgan fingerprint density at radius 3 is 1.38 bits per heavy atom. The molecule has 26 heavy (non-hydrogen) atoms. The summed E-state index contributed by atoms with van der Waals surface area (Å²) in [5.41, 5.74) is 0. The number of carboxylic acids is 1. The summed E-state index contributed by atoms with van der Waals surface area (Å²) in [4.78, 5) is 57.1. The highest BCUT2D eigenvalue weighted by atomic mass is 16.6. The van der Waals surface area contributed by atoms with Gasteiger partial charge < -0.3 is 24.1 Å². The summed E-state index contributed by atoms with van der Waals surface area (Å²) in [7, 11) is 0. The van der Waals surface area contributed by atoms with E-state index in [2.05, 4.69) is 4.74 Å². The first kappa shape index (κ1) is 23.4. The van der Waals surface area contributed by atoms with Crippen LogP contribution in [0.1, 0.15) is 47.5 Å². The summed E-state index contributed by atoms with van der Waals surface area (Å²) in [6.45, 7) is 6.59. The molecule has 0 heterocycles. The second-order valence-corrected chi connectivity index (χ2v) is 5.46. The van der Waals surface area contributed by atoms with Crippen molar-refractivity contribution in [2.75, 3.05) is 0 Å². The van der Waals surface area contributed by atoms with E-state index in [1.807, 2.05) is 0 Å². The van der Waals surface area contributed by atoms with Gasteiger partial charge in [0, 0.05) is 6.42 Å². The summed E-state index contributed by atoms with van der Waals surface area (Å²) in [6.07, 6.45) is -4.69. The Kier molecular flexibility index (Phi) is 9.93. The monoisotopic (exact) mass is 376 g/mol. The first-order valence-electron chi connectivity index (χ1n) is 8.03. The smallest absolute Gasteiger partial charge is 0.347 e. The van der Waals surface area contributed by atoms with Crippen molar-refractivity contribution >= 4 is 29.8 Å². The zero-order chi connectivity index (χ0) is 20.4. The SMILES string of the molecule is CCCC(=O)O[C@@H](C)C(=O)O[C@H](C)C(=O)O[C@H](C)C(=O)O[C@H](C)C(=O)O. The van der Waals surface area contributed by atoms with Gasteiger partial charge in [0.1, 0.15) is 0 Å². The van der Waals surface area contributed by atoms with Crippen molar-refractivity contribution < 1.29 is 48.0 Å². The van der Waals surface area contributed by atoms with Gasteiger partial charge in [-0.15, -0.1) is 0 Å². The first-order valence-corrected chi connectivity index (χ1v) is 8.03. The molecule has 1 N–H and O–H groups in total. The quantitative estimate of drug-likeness (QED) is 0.425. The van der Waals surface area contributed by atoms with Gasteiger partial charge in [0.2, 0.25) is 0 Å². The van der Waals surface area contributed by atoms with Crippen molar-refractivity contribution in [2.45, 2.75) is 71.9 Å². The molecule has 10 heteroatoms. The van der Waals surface area contributed by atoms with Gasteiger partial charge in [-0.1, -0.05) is 6.92 Å². The molecule has 0 aliphatic carbocycles. The number of rotatable bonds is 10. The Morgan fingerprint density at radius 2 is 1.04 bits per heavy atom. The van der Waals surface area contributed by atoms with E-state index < -0.39 is 54.3 Å². The van der Waals surface area contributed by atoms with E-state index in [4.69, 9.17) is 19.3 Å². The fourth-order valence-corrected chi connectivity index (χ4v) is 1.47. The molecule has 0 saturated heterocycles. The van der Waals surface area contributed by atoms with Crippen LogP contribution in [0.3, 0.4) is 0 Å². The Morgan fingerprint density at radius 1 is 0.692 bits per heavy atom. The number of hydrogen-bond donors (Lipinski definition) is 1. The third-order valence-corrected chi connectivity index (χ3v) is 2.98. The molecule has 0 rings (SSSR count). The highest BCUT2D eigenvalue weighted by Gasteiger charge is 2.29. The fraction of sp³-hybridized carbons (Fsp3) is 0.688. The molecule has 0 radical (unpaired) electrons. The van der Waals surface area contributed by atoms with Crippen LogP contribution in [0.4, 0.5) is 0 Å². The number of carbonyl (C=O) groups is 5. The lowest BCUT2D eigenvalue weighted by atomic mass is 10.3. The summed E-state index contributed by atoms with van der Waals surface area (Å²) in [6, 6.07) is 0. The molecule has 0 fully saturated rings. The predicted molar refractivity (Wildman–Crippen MR) is 84.8 cm³/mol. The highest BCUT2D eigenvalue weighted by Crippen LogP contribution is 2.06. The molecule has 4 atom stereocenters. The van der Waals surface area contributed by atoms with Gasteiger partial charge >= 0.3 is 29.8 Å². The highest BCUT2D eigenvalue weighted by molar-refractivity contribution is 5.85. The molecule has 148 valence electrons. The van der Waals surface area contributed by atoms with E-state index in [-0.39, 0.29) is 6.42 Å². The summed E-state index contributed by atoms with van der Waals surface area (Å²) in [5, 5.41) is 8.65. The molecule has 0 spiro atoms. The molecule has 0 bridgehead atoms. The Hall–Kier alpha value is -2.65. The van der Waals surface area contributed by atoms with E-state index in [0.717, 1.165) is 6.92 Å². The summed E-state index contributed by atoms with van der Waals surface area (Å²) >= 11 is 0. The van der Waals surface area contributed by atoms with E-state index in [1.165, 1.54) is 20.8 Å². The van der Waals surface area contributed by atoms with Gasteiger partial charge in [0.05, 0.1) is 0 Å². The van der Waals surface area contributed by atoms with E-state index >= 15 is 0 Å². The summed E-state index contributed by atoms with van der Waals surface area (Å²) < 4.78 is 19.0. The molecule has 10 nitrogen and oxygen atoms in total. The fourth-order valence-electron chi connectivity index (χ4n) is 1.47. The zero-order valence-corrected chi connectivity index (χ0v) is 15.3. The molecule has 0 aromatic carbocycles. The Bertz CT molecular complexity index is 541. The molecule has 0 saturated carbocycles. The second-order valence-electron chi connectivity index (χ2n) is 5.46. The lowest BCUT2D eigenvalue weighted by molar-refractivity contribution is -0.184. The van der Waals surface area contributed by atoms with Crippen molar-refractivity contribution in [1.82, 2.24) is 0 Å². The Balaban J connectivity index is 4.49. The van der Waals surface area contributed by atoms with Crippen LogP contribution in [0.5, 0.6) is 0 Å². The van der Waals surface area contributed by atoms with Crippen molar-refractivity contribution in [3.05, 3.63) is 0 Å².